The van der Waals surface area contributed by atoms with Gasteiger partial charge in [-0.05, 0) is 85.6 Å². The number of benzene rings is 3. The van der Waals surface area contributed by atoms with E-state index in [-0.39, 0.29) is 0 Å². The van der Waals surface area contributed by atoms with Crippen molar-refractivity contribution in [3.63, 3.8) is 0 Å². The molecule has 0 saturated heterocycles. The molecule has 0 bridgehead atoms. The average Bonchev–Trinajstić information content (AvgIpc) is 3.46. The third kappa shape index (κ3) is 5.41. The fraction of sp³-hybridized carbons (Fsp3) is 0.156. The van der Waals surface area contributed by atoms with E-state index in [1.165, 1.54) is 0 Å². The Kier molecular flexibility index (Phi) is 7.84. The van der Waals surface area contributed by atoms with E-state index in [2.05, 4.69) is 37.7 Å². The fourth-order valence-corrected chi connectivity index (χ4v) is 5.07. The summed E-state index contributed by atoms with van der Waals surface area (Å²) in [5.74, 6) is 0.0432. The van der Waals surface area contributed by atoms with Crippen LogP contribution in [0.5, 0.6) is 5.75 Å². The van der Waals surface area contributed by atoms with E-state index in [1.807, 2.05) is 98.8 Å². The molecule has 2 N–H and O–H groups in total. The molecule has 7 nitrogen and oxygen atoms in total. The van der Waals surface area contributed by atoms with Gasteiger partial charge in [-0.15, -0.1) is 0 Å². The second-order valence-electron chi connectivity index (χ2n) is 9.50. The highest BCUT2D eigenvalue weighted by Crippen LogP contribution is 2.30. The molecule has 0 fully saturated rings. The summed E-state index contributed by atoms with van der Waals surface area (Å²) in [6.45, 7) is 4.51. The van der Waals surface area contributed by atoms with Crippen molar-refractivity contribution < 1.29 is 4.74 Å². The first kappa shape index (κ1) is 27.0. The molecule has 3 aromatic carbocycles. The molecule has 0 aliphatic carbocycles. The highest BCUT2D eigenvalue weighted by atomic mass is 79.9. The summed E-state index contributed by atoms with van der Waals surface area (Å²) >= 11 is 3.45. The zero-order valence-corrected chi connectivity index (χ0v) is 23.7. The topological polar surface area (TPSA) is 103 Å². The Hall–Kier alpha value is -4.63. The minimum Gasteiger partial charge on any atom is -0.489 e. The van der Waals surface area contributed by atoms with E-state index >= 15 is 0 Å². The molecule has 198 valence electrons. The van der Waals surface area contributed by atoms with Crippen molar-refractivity contribution in [1.82, 2.24) is 4.57 Å². The lowest BCUT2D eigenvalue weighted by Gasteiger charge is -2.21. The lowest BCUT2D eigenvalue weighted by atomic mass is 9.95. The van der Waals surface area contributed by atoms with Gasteiger partial charge in [0.15, 0.2) is 0 Å². The highest BCUT2D eigenvalue weighted by Gasteiger charge is 2.37. The zero-order valence-electron chi connectivity index (χ0n) is 22.1. The Bertz CT molecular complexity index is 1660. The second kappa shape index (κ2) is 11.6. The van der Waals surface area contributed by atoms with E-state index in [4.69, 9.17) is 10.5 Å². The van der Waals surface area contributed by atoms with E-state index in [0.717, 1.165) is 44.1 Å². The van der Waals surface area contributed by atoms with E-state index in [1.54, 1.807) is 11.1 Å². The van der Waals surface area contributed by atoms with Crippen LogP contribution < -0.4 is 15.5 Å². The molecule has 1 aromatic heterocycles. The zero-order chi connectivity index (χ0) is 28.2. The van der Waals surface area contributed by atoms with Crippen LogP contribution in [0.2, 0.25) is 0 Å². The third-order valence-corrected chi connectivity index (χ3v) is 7.40. The molecule has 5 rings (SSSR count). The van der Waals surface area contributed by atoms with Gasteiger partial charge in [0.05, 0.1) is 23.0 Å². The number of aromatic nitrogens is 1. The van der Waals surface area contributed by atoms with Gasteiger partial charge in [-0.3, -0.25) is 0 Å². The summed E-state index contributed by atoms with van der Waals surface area (Å²) in [5.41, 5.74) is 12.8. The Morgan fingerprint density at radius 1 is 1.00 bits per heavy atom. The summed E-state index contributed by atoms with van der Waals surface area (Å²) in [4.78, 5) is 0. The van der Waals surface area contributed by atoms with Crippen molar-refractivity contribution in [2.24, 2.45) is 16.8 Å². The maximum atomic E-state index is 10.1. The highest BCUT2D eigenvalue weighted by molar-refractivity contribution is 9.10. The van der Waals surface area contributed by atoms with Crippen LogP contribution in [0.15, 0.2) is 100 Å². The molecule has 2 heterocycles. The standard InChI is InChI=1S/C32H27BrN6O/c1-21-16-24(17-25(18-34)31-30(19-35)32(36)39(37-31)28-6-4-3-5-7-28)22(2)38(21)27-12-14-29(15-13-27)40-20-23-8-10-26(33)11-9-23/h3-17,30,32H,20,36H2,1-2H3/b25-17-/t30-,32+/m1/s1. The number of allylic oxidation sites excluding steroid dienone is 1. The molecule has 1 aliphatic heterocycles. The Morgan fingerprint density at radius 3 is 2.35 bits per heavy atom. The maximum Gasteiger partial charge on any atom is 0.127 e. The van der Waals surface area contributed by atoms with Gasteiger partial charge in [-0.25, -0.2) is 5.01 Å². The van der Waals surface area contributed by atoms with Crippen molar-refractivity contribution in [1.29, 1.82) is 10.5 Å². The van der Waals surface area contributed by atoms with Crippen LogP contribution in [-0.2, 0) is 6.61 Å². The van der Waals surface area contributed by atoms with Crippen LogP contribution in [0.4, 0.5) is 5.69 Å². The van der Waals surface area contributed by atoms with Crippen molar-refractivity contribution in [3.8, 4) is 23.6 Å². The molecule has 0 radical (unpaired) electrons. The number of anilines is 1. The Balaban J connectivity index is 1.40. The predicted octanol–water partition coefficient (Wildman–Crippen LogP) is 6.64. The van der Waals surface area contributed by atoms with Crippen LogP contribution in [0.3, 0.4) is 0 Å². The molecule has 1 aliphatic rings. The van der Waals surface area contributed by atoms with Gasteiger partial charge in [0.2, 0.25) is 0 Å². The van der Waals surface area contributed by atoms with Crippen molar-refractivity contribution >= 4 is 33.4 Å². The maximum absolute atomic E-state index is 10.1. The summed E-state index contributed by atoms with van der Waals surface area (Å²) in [6, 6.07) is 31.9. The number of nitriles is 2. The van der Waals surface area contributed by atoms with Crippen molar-refractivity contribution in [3.05, 3.63) is 117 Å². The number of hydrazone groups is 1. The molecule has 8 heteroatoms. The van der Waals surface area contributed by atoms with E-state index in [9.17, 15) is 10.5 Å². The normalized spacial score (nSPS) is 16.8. The molecule has 0 unspecified atom stereocenters. The number of nitrogens with two attached hydrogens (primary N) is 1. The van der Waals surface area contributed by atoms with E-state index < -0.39 is 12.1 Å². The van der Waals surface area contributed by atoms with E-state index in [0.29, 0.717) is 17.9 Å². The smallest absolute Gasteiger partial charge is 0.127 e. The monoisotopic (exact) mass is 590 g/mol. The van der Waals surface area contributed by atoms with Gasteiger partial charge in [0.1, 0.15) is 30.5 Å². The van der Waals surface area contributed by atoms with Crippen LogP contribution in [0.25, 0.3) is 11.8 Å². The van der Waals surface area contributed by atoms with Crippen molar-refractivity contribution in [2.45, 2.75) is 26.6 Å². The summed E-state index contributed by atoms with van der Waals surface area (Å²) in [6.07, 6.45) is 1.11. The number of nitrogens with zero attached hydrogens (tertiary/aromatic N) is 5. The first-order valence-electron chi connectivity index (χ1n) is 12.8. The number of para-hydroxylation sites is 1. The van der Waals surface area contributed by atoms with Crippen LogP contribution in [0.1, 0.15) is 22.5 Å². The lowest BCUT2D eigenvalue weighted by molar-refractivity contribution is 0.306. The molecule has 40 heavy (non-hydrogen) atoms. The SMILES string of the molecule is Cc1cc(/C=C(/C#N)C2=NN(c3ccccc3)[C@H](N)[C@@H]2C#N)c(C)n1-c1ccc(OCc2ccc(Br)cc2)cc1. The first-order chi connectivity index (χ1) is 19.4. The van der Waals surface area contributed by atoms with Gasteiger partial charge in [-0.2, -0.15) is 15.6 Å². The number of ether oxygens (including phenoxy) is 1. The summed E-state index contributed by atoms with van der Waals surface area (Å²) in [5, 5.41) is 26.2. The molecular weight excluding hydrogens is 564 g/mol. The van der Waals surface area contributed by atoms with Crippen LogP contribution >= 0.6 is 15.9 Å². The Labute approximate surface area is 242 Å². The molecule has 4 aromatic rings. The number of rotatable bonds is 7. The average molecular weight is 592 g/mol. The largest absolute Gasteiger partial charge is 0.489 e. The second-order valence-corrected chi connectivity index (χ2v) is 10.4. The lowest BCUT2D eigenvalue weighted by Crippen LogP contribution is -2.40. The number of aryl methyl sites for hydroxylation is 1. The number of hydrogen-bond donors (Lipinski definition) is 1. The first-order valence-corrected chi connectivity index (χ1v) is 13.6. The van der Waals surface area contributed by atoms with Gasteiger partial charge < -0.3 is 15.0 Å². The van der Waals surface area contributed by atoms with Crippen molar-refractivity contribution in [2.75, 3.05) is 5.01 Å². The van der Waals surface area contributed by atoms with Crippen LogP contribution in [-0.4, -0.2) is 16.4 Å². The fourth-order valence-electron chi connectivity index (χ4n) is 4.81. The summed E-state index contributed by atoms with van der Waals surface area (Å²) < 4.78 is 9.12. The van der Waals surface area contributed by atoms with Gasteiger partial charge in [0.25, 0.3) is 0 Å². The predicted molar refractivity (Wildman–Crippen MR) is 161 cm³/mol. The number of hydrogen-bond acceptors (Lipinski definition) is 6. The quantitative estimate of drug-likeness (QED) is 0.243. The minimum absolute atomic E-state index is 0.317. The molecule has 0 saturated carbocycles. The van der Waals surface area contributed by atoms with Gasteiger partial charge >= 0.3 is 0 Å². The molecule has 2 atom stereocenters. The molecular formula is C32H27BrN6O. The molecule has 0 amide bonds. The van der Waals surface area contributed by atoms with Crippen LogP contribution in [0, 0.1) is 42.4 Å². The van der Waals surface area contributed by atoms with Gasteiger partial charge in [-0.1, -0.05) is 46.3 Å². The van der Waals surface area contributed by atoms with Gasteiger partial charge in [0, 0.05) is 21.5 Å². The Morgan fingerprint density at radius 2 is 1.70 bits per heavy atom. The summed E-state index contributed by atoms with van der Waals surface area (Å²) in [7, 11) is 0. The third-order valence-electron chi connectivity index (χ3n) is 6.87. The number of halogens is 1. The minimum atomic E-state index is -0.737. The molecule has 0 spiro atoms.